The third kappa shape index (κ3) is 5.39. The van der Waals surface area contributed by atoms with Crippen LogP contribution in [0.2, 0.25) is 0 Å². The molecule has 124 valence electrons. The molecular weight excluding hydrogens is 308 g/mol. The molecule has 0 spiro atoms. The Labute approximate surface area is 142 Å². The fourth-order valence-corrected chi connectivity index (χ4v) is 3.14. The normalized spacial score (nSPS) is 10.5. The van der Waals surface area contributed by atoms with Crippen LogP contribution in [0.3, 0.4) is 0 Å². The molecule has 0 saturated heterocycles. The molecule has 23 heavy (non-hydrogen) atoms. The third-order valence-electron chi connectivity index (χ3n) is 3.52. The van der Waals surface area contributed by atoms with Crippen molar-refractivity contribution in [3.63, 3.8) is 0 Å². The molecule has 2 rings (SSSR count). The van der Waals surface area contributed by atoms with Gasteiger partial charge in [-0.1, -0.05) is 26.2 Å². The molecule has 4 heteroatoms. The maximum atomic E-state index is 12.0. The van der Waals surface area contributed by atoms with Crippen LogP contribution in [-0.4, -0.2) is 19.2 Å². The molecule has 0 radical (unpaired) electrons. The second-order valence-electron chi connectivity index (χ2n) is 5.35. The van der Waals surface area contributed by atoms with Gasteiger partial charge in [0, 0.05) is 10.3 Å². The van der Waals surface area contributed by atoms with Crippen LogP contribution in [-0.2, 0) is 4.74 Å². The number of thiophene rings is 1. The van der Waals surface area contributed by atoms with E-state index in [0.29, 0.717) is 18.8 Å². The lowest BCUT2D eigenvalue weighted by molar-refractivity contribution is 0.0498. The van der Waals surface area contributed by atoms with E-state index in [1.165, 1.54) is 12.8 Å². The van der Waals surface area contributed by atoms with Crippen LogP contribution >= 0.6 is 11.3 Å². The Kier molecular flexibility index (Phi) is 7.14. The van der Waals surface area contributed by atoms with Crippen LogP contribution in [0.1, 0.15) is 49.9 Å². The Morgan fingerprint density at radius 3 is 2.57 bits per heavy atom. The molecule has 2 aromatic rings. The van der Waals surface area contributed by atoms with Gasteiger partial charge in [0.1, 0.15) is 5.75 Å². The zero-order valence-electron chi connectivity index (χ0n) is 13.8. The number of rotatable bonds is 9. The zero-order valence-corrected chi connectivity index (χ0v) is 14.7. The zero-order chi connectivity index (χ0) is 16.5. The van der Waals surface area contributed by atoms with Crippen LogP contribution < -0.4 is 4.74 Å². The molecule has 0 bridgehead atoms. The summed E-state index contributed by atoms with van der Waals surface area (Å²) in [6, 6.07) is 9.82. The predicted molar refractivity (Wildman–Crippen MR) is 95.3 cm³/mol. The van der Waals surface area contributed by atoms with Crippen LogP contribution in [0.5, 0.6) is 5.75 Å². The van der Waals surface area contributed by atoms with Crippen molar-refractivity contribution in [2.24, 2.45) is 0 Å². The van der Waals surface area contributed by atoms with Gasteiger partial charge < -0.3 is 9.47 Å². The summed E-state index contributed by atoms with van der Waals surface area (Å²) in [5.41, 5.74) is 1.72. The summed E-state index contributed by atoms with van der Waals surface area (Å²) in [6.07, 6.45) is 4.43. The monoisotopic (exact) mass is 332 g/mol. The van der Waals surface area contributed by atoms with E-state index < -0.39 is 0 Å². The summed E-state index contributed by atoms with van der Waals surface area (Å²) in [5, 5.41) is 1.86. The Balaban J connectivity index is 1.90. The summed E-state index contributed by atoms with van der Waals surface area (Å²) in [6.45, 7) is 5.30. The molecule has 0 fully saturated rings. The van der Waals surface area contributed by atoms with Crippen LogP contribution in [0.25, 0.3) is 10.4 Å². The smallest absolute Gasteiger partial charge is 0.338 e. The van der Waals surface area contributed by atoms with Crippen molar-refractivity contribution in [1.82, 2.24) is 0 Å². The SMILES string of the molecule is CCCCCCOC(=O)c1csc(-c2ccc(OCC)cc2)c1. The number of esters is 1. The maximum absolute atomic E-state index is 12.0. The molecule has 0 aliphatic carbocycles. The van der Waals surface area contributed by atoms with E-state index >= 15 is 0 Å². The molecule has 1 aromatic carbocycles. The minimum absolute atomic E-state index is 0.227. The van der Waals surface area contributed by atoms with Gasteiger partial charge in [0.15, 0.2) is 0 Å². The molecule has 0 atom stereocenters. The van der Waals surface area contributed by atoms with E-state index in [9.17, 15) is 4.79 Å². The number of benzene rings is 1. The lowest BCUT2D eigenvalue weighted by Gasteiger charge is -2.04. The van der Waals surface area contributed by atoms with Crippen LogP contribution in [0, 0.1) is 0 Å². The first-order chi connectivity index (χ1) is 11.2. The molecule has 1 heterocycles. The van der Waals surface area contributed by atoms with Gasteiger partial charge in [-0.3, -0.25) is 0 Å². The summed E-state index contributed by atoms with van der Waals surface area (Å²) in [7, 11) is 0. The first-order valence-corrected chi connectivity index (χ1v) is 9.11. The van der Waals surface area contributed by atoms with Gasteiger partial charge in [-0.05, 0) is 49.2 Å². The number of unbranched alkanes of at least 4 members (excludes halogenated alkanes) is 3. The van der Waals surface area contributed by atoms with Gasteiger partial charge in [-0.25, -0.2) is 4.79 Å². The van der Waals surface area contributed by atoms with Gasteiger partial charge in [0.05, 0.1) is 18.8 Å². The van der Waals surface area contributed by atoms with Crippen molar-refractivity contribution < 1.29 is 14.3 Å². The summed E-state index contributed by atoms with van der Waals surface area (Å²) >= 11 is 1.56. The fourth-order valence-electron chi connectivity index (χ4n) is 2.25. The Bertz CT molecular complexity index is 601. The number of hydrogen-bond donors (Lipinski definition) is 0. The second kappa shape index (κ2) is 9.36. The second-order valence-corrected chi connectivity index (χ2v) is 6.26. The van der Waals surface area contributed by atoms with Gasteiger partial charge in [0.2, 0.25) is 0 Å². The van der Waals surface area contributed by atoms with Crippen molar-refractivity contribution in [3.8, 4) is 16.2 Å². The minimum atomic E-state index is -0.227. The summed E-state index contributed by atoms with van der Waals surface area (Å²) < 4.78 is 10.8. The molecule has 3 nitrogen and oxygen atoms in total. The highest BCUT2D eigenvalue weighted by Crippen LogP contribution is 2.29. The van der Waals surface area contributed by atoms with Crippen molar-refractivity contribution in [1.29, 1.82) is 0 Å². The molecule has 0 aliphatic heterocycles. The molecule has 0 aliphatic rings. The van der Waals surface area contributed by atoms with Crippen LogP contribution in [0.15, 0.2) is 35.7 Å². The molecule has 0 N–H and O–H groups in total. The first-order valence-electron chi connectivity index (χ1n) is 8.23. The van der Waals surface area contributed by atoms with Gasteiger partial charge >= 0.3 is 5.97 Å². The number of hydrogen-bond acceptors (Lipinski definition) is 4. The standard InChI is InChI=1S/C19H24O3S/c1-3-5-6-7-12-22-19(20)16-13-18(23-14-16)15-8-10-17(11-9-15)21-4-2/h8-11,13-14H,3-7,12H2,1-2H3. The quantitative estimate of drug-likeness (QED) is 0.446. The van der Waals surface area contributed by atoms with E-state index in [1.807, 2.05) is 42.6 Å². The van der Waals surface area contributed by atoms with Crippen molar-refractivity contribution in [2.45, 2.75) is 39.5 Å². The number of carbonyl (C=O) groups is 1. The average Bonchev–Trinajstić information content (AvgIpc) is 3.05. The first kappa shape index (κ1) is 17.5. The highest BCUT2D eigenvalue weighted by molar-refractivity contribution is 7.13. The van der Waals surface area contributed by atoms with Gasteiger partial charge in [-0.2, -0.15) is 0 Å². The van der Waals surface area contributed by atoms with Crippen molar-refractivity contribution in [2.75, 3.05) is 13.2 Å². The van der Waals surface area contributed by atoms with Crippen molar-refractivity contribution in [3.05, 3.63) is 41.3 Å². The fraction of sp³-hybridized carbons (Fsp3) is 0.421. The predicted octanol–water partition coefficient (Wildman–Crippen LogP) is 5.55. The lowest BCUT2D eigenvalue weighted by atomic mass is 10.1. The Morgan fingerprint density at radius 1 is 1.09 bits per heavy atom. The Morgan fingerprint density at radius 2 is 1.87 bits per heavy atom. The van der Waals surface area contributed by atoms with E-state index in [4.69, 9.17) is 9.47 Å². The summed E-state index contributed by atoms with van der Waals surface area (Å²) in [4.78, 5) is 13.1. The lowest BCUT2D eigenvalue weighted by Crippen LogP contribution is -2.05. The van der Waals surface area contributed by atoms with Gasteiger partial charge in [0.25, 0.3) is 0 Å². The van der Waals surface area contributed by atoms with E-state index in [1.54, 1.807) is 11.3 Å². The van der Waals surface area contributed by atoms with Gasteiger partial charge in [-0.15, -0.1) is 11.3 Å². The molecule has 0 amide bonds. The van der Waals surface area contributed by atoms with Crippen molar-refractivity contribution >= 4 is 17.3 Å². The highest BCUT2D eigenvalue weighted by Gasteiger charge is 2.11. The average molecular weight is 332 g/mol. The Hall–Kier alpha value is -1.81. The van der Waals surface area contributed by atoms with E-state index in [0.717, 1.165) is 29.0 Å². The molecule has 0 unspecified atom stereocenters. The van der Waals surface area contributed by atoms with E-state index in [-0.39, 0.29) is 5.97 Å². The number of carbonyl (C=O) groups excluding carboxylic acids is 1. The maximum Gasteiger partial charge on any atom is 0.338 e. The summed E-state index contributed by atoms with van der Waals surface area (Å²) in [5.74, 6) is 0.634. The third-order valence-corrected chi connectivity index (χ3v) is 4.50. The topological polar surface area (TPSA) is 35.5 Å². The number of ether oxygens (including phenoxy) is 2. The van der Waals surface area contributed by atoms with Crippen LogP contribution in [0.4, 0.5) is 0 Å². The highest BCUT2D eigenvalue weighted by atomic mass is 32.1. The van der Waals surface area contributed by atoms with E-state index in [2.05, 4.69) is 6.92 Å². The molecule has 1 aromatic heterocycles. The molecular formula is C19H24O3S. The minimum Gasteiger partial charge on any atom is -0.494 e. The largest absolute Gasteiger partial charge is 0.494 e. The molecule has 0 saturated carbocycles.